The molecule has 2 aromatic carbocycles. The second-order valence-corrected chi connectivity index (χ2v) is 10.6. The van der Waals surface area contributed by atoms with Gasteiger partial charge in [-0.2, -0.15) is 9.78 Å². The molecule has 3 rings (SSSR count). The molecule has 0 unspecified atom stereocenters. The van der Waals surface area contributed by atoms with Crippen molar-refractivity contribution in [2.45, 2.75) is 40.0 Å². The number of ether oxygens (including phenoxy) is 3. The van der Waals surface area contributed by atoms with E-state index in [9.17, 15) is 9.59 Å². The van der Waals surface area contributed by atoms with Crippen LogP contribution in [0.25, 0.3) is 10.9 Å². The Kier molecular flexibility index (Phi) is 8.92. The molecule has 8 nitrogen and oxygen atoms in total. The number of fused-ring (bicyclic) bond motifs is 1. The fraction of sp³-hybridized carbons (Fsp3) is 0.360. The van der Waals surface area contributed by atoms with E-state index in [0.717, 1.165) is 8.04 Å². The summed E-state index contributed by atoms with van der Waals surface area (Å²) in [7, 11) is 0. The molecular formula is C25H27BrIN3O5. The first-order valence-electron chi connectivity index (χ1n) is 11.1. The monoisotopic (exact) mass is 655 g/mol. The largest absolute Gasteiger partial charge is 0.490 e. The molecule has 3 aromatic rings. The van der Waals surface area contributed by atoms with Crippen molar-refractivity contribution in [3.8, 4) is 11.5 Å². The smallest absolute Gasteiger partial charge is 0.344 e. The van der Waals surface area contributed by atoms with E-state index in [1.54, 1.807) is 25.3 Å². The molecule has 0 amide bonds. The van der Waals surface area contributed by atoms with Gasteiger partial charge < -0.3 is 14.2 Å². The van der Waals surface area contributed by atoms with Crippen LogP contribution in [0, 0.1) is 3.57 Å². The molecule has 0 saturated carbocycles. The Balaban J connectivity index is 2.05. The Labute approximate surface area is 225 Å². The number of esters is 1. The fourth-order valence-electron chi connectivity index (χ4n) is 3.26. The highest BCUT2D eigenvalue weighted by atomic mass is 127. The van der Waals surface area contributed by atoms with Crippen LogP contribution in [0.15, 0.2) is 44.7 Å². The maximum atomic E-state index is 13.4. The van der Waals surface area contributed by atoms with Crippen LogP contribution < -0.4 is 15.0 Å². The van der Waals surface area contributed by atoms with E-state index in [4.69, 9.17) is 19.2 Å². The van der Waals surface area contributed by atoms with Crippen LogP contribution in [0.1, 0.15) is 46.0 Å². The third kappa shape index (κ3) is 6.60. The minimum atomic E-state index is -0.457. The number of hydrogen-bond donors (Lipinski definition) is 0. The standard InChI is InChI=1S/C25H27BrIN3O5/c1-6-33-20-11-15(10-18(27)22(20)35-14-21(31)34-7-2)13-28-30-23(32)17-12-16(26)8-9-19(17)29-24(30)25(3,4)5/h8-13H,6-7,14H2,1-5H3. The number of nitrogens with zero attached hydrogens (tertiary/aromatic N) is 3. The Morgan fingerprint density at radius 2 is 1.91 bits per heavy atom. The van der Waals surface area contributed by atoms with Gasteiger partial charge in [0.2, 0.25) is 0 Å². The number of benzene rings is 2. The normalized spacial score (nSPS) is 11.7. The molecule has 0 aliphatic carbocycles. The van der Waals surface area contributed by atoms with Gasteiger partial charge in [-0.05, 0) is 72.3 Å². The van der Waals surface area contributed by atoms with Crippen molar-refractivity contribution in [1.82, 2.24) is 9.66 Å². The number of carbonyl (C=O) groups excluding carboxylic acids is 1. The van der Waals surface area contributed by atoms with Crippen molar-refractivity contribution in [2.75, 3.05) is 19.8 Å². The van der Waals surface area contributed by atoms with Crippen LogP contribution in [0.4, 0.5) is 0 Å². The second-order valence-electron chi connectivity index (χ2n) is 8.57. The van der Waals surface area contributed by atoms with Gasteiger partial charge in [0.05, 0.1) is 33.9 Å². The third-order valence-corrected chi connectivity index (χ3v) is 6.07. The SMILES string of the molecule is CCOC(=O)COc1c(I)cc(C=Nn2c(C(C)(C)C)nc3ccc(Br)cc3c2=O)cc1OCC. The zero-order valence-corrected chi connectivity index (χ0v) is 24.0. The number of halogens is 2. The number of hydrogen-bond acceptors (Lipinski definition) is 7. The quantitative estimate of drug-likeness (QED) is 0.186. The van der Waals surface area contributed by atoms with Crippen LogP contribution in [-0.4, -0.2) is 41.7 Å². The number of aromatic nitrogens is 2. The lowest BCUT2D eigenvalue weighted by molar-refractivity contribution is -0.145. The van der Waals surface area contributed by atoms with Gasteiger partial charge in [0.25, 0.3) is 5.56 Å². The lowest BCUT2D eigenvalue weighted by Gasteiger charge is -2.21. The molecule has 35 heavy (non-hydrogen) atoms. The van der Waals surface area contributed by atoms with E-state index in [-0.39, 0.29) is 18.8 Å². The molecule has 0 aliphatic heterocycles. The van der Waals surface area contributed by atoms with Crippen LogP contribution in [0.5, 0.6) is 11.5 Å². The summed E-state index contributed by atoms with van der Waals surface area (Å²) in [6.45, 7) is 10.0. The average Bonchev–Trinajstić information content (AvgIpc) is 2.78. The highest BCUT2D eigenvalue weighted by molar-refractivity contribution is 14.1. The van der Waals surface area contributed by atoms with Crippen LogP contribution in [0.3, 0.4) is 0 Å². The summed E-state index contributed by atoms with van der Waals surface area (Å²) in [5, 5.41) is 4.99. The van der Waals surface area contributed by atoms with Gasteiger partial charge in [-0.25, -0.2) is 9.78 Å². The van der Waals surface area contributed by atoms with Crippen LogP contribution in [0.2, 0.25) is 0 Å². The maximum Gasteiger partial charge on any atom is 0.344 e. The van der Waals surface area contributed by atoms with Crippen LogP contribution in [-0.2, 0) is 14.9 Å². The molecule has 0 N–H and O–H groups in total. The van der Waals surface area contributed by atoms with Crippen molar-refractivity contribution in [1.29, 1.82) is 0 Å². The summed E-state index contributed by atoms with van der Waals surface area (Å²) >= 11 is 5.53. The van der Waals surface area contributed by atoms with Gasteiger partial charge in [0.1, 0.15) is 5.82 Å². The lowest BCUT2D eigenvalue weighted by atomic mass is 9.95. The lowest BCUT2D eigenvalue weighted by Crippen LogP contribution is -2.29. The van der Waals surface area contributed by atoms with Gasteiger partial charge >= 0.3 is 5.97 Å². The molecule has 0 atom stereocenters. The second kappa shape index (κ2) is 11.5. The minimum absolute atomic E-state index is 0.222. The predicted molar refractivity (Wildman–Crippen MR) is 148 cm³/mol. The summed E-state index contributed by atoms with van der Waals surface area (Å²) in [6, 6.07) is 9.00. The highest BCUT2D eigenvalue weighted by Gasteiger charge is 2.23. The van der Waals surface area contributed by atoms with E-state index < -0.39 is 11.4 Å². The summed E-state index contributed by atoms with van der Waals surface area (Å²) in [4.78, 5) is 29.8. The molecule has 1 heterocycles. The van der Waals surface area contributed by atoms with Gasteiger partial charge in [-0.15, -0.1) is 0 Å². The van der Waals surface area contributed by atoms with Crippen molar-refractivity contribution in [3.63, 3.8) is 0 Å². The van der Waals surface area contributed by atoms with Crippen molar-refractivity contribution in [2.24, 2.45) is 5.10 Å². The van der Waals surface area contributed by atoms with Gasteiger partial charge in [-0.1, -0.05) is 36.7 Å². The van der Waals surface area contributed by atoms with Gasteiger partial charge in [-0.3, -0.25) is 4.79 Å². The summed E-state index contributed by atoms with van der Waals surface area (Å²) in [5.74, 6) is 1.00. The van der Waals surface area contributed by atoms with Crippen molar-refractivity contribution in [3.05, 3.63) is 60.1 Å². The predicted octanol–water partition coefficient (Wildman–Crippen LogP) is 5.28. The Bertz CT molecular complexity index is 1330. The van der Waals surface area contributed by atoms with E-state index >= 15 is 0 Å². The zero-order valence-electron chi connectivity index (χ0n) is 20.2. The van der Waals surface area contributed by atoms with Crippen molar-refractivity contribution < 1.29 is 19.0 Å². The third-order valence-electron chi connectivity index (χ3n) is 4.77. The minimum Gasteiger partial charge on any atom is -0.490 e. The highest BCUT2D eigenvalue weighted by Crippen LogP contribution is 2.34. The average molecular weight is 656 g/mol. The number of rotatable bonds is 8. The molecule has 0 fully saturated rings. The molecule has 0 spiro atoms. The molecular weight excluding hydrogens is 629 g/mol. The van der Waals surface area contributed by atoms with Gasteiger partial charge in [0.15, 0.2) is 18.1 Å². The molecule has 186 valence electrons. The van der Waals surface area contributed by atoms with Crippen LogP contribution >= 0.6 is 38.5 Å². The molecule has 0 bridgehead atoms. The Morgan fingerprint density at radius 3 is 2.57 bits per heavy atom. The number of carbonyl (C=O) groups is 1. The Hall–Kier alpha value is -2.47. The molecule has 0 aliphatic rings. The van der Waals surface area contributed by atoms with E-state index in [1.807, 2.05) is 45.9 Å². The van der Waals surface area contributed by atoms with E-state index in [1.165, 1.54) is 4.68 Å². The molecule has 10 heteroatoms. The molecule has 0 saturated heterocycles. The summed E-state index contributed by atoms with van der Waals surface area (Å²) in [5.41, 5.74) is 0.632. The first kappa shape index (κ1) is 27.1. The van der Waals surface area contributed by atoms with Crippen molar-refractivity contribution >= 4 is 61.6 Å². The summed E-state index contributed by atoms with van der Waals surface area (Å²) in [6.07, 6.45) is 1.59. The Morgan fingerprint density at radius 1 is 1.17 bits per heavy atom. The van der Waals surface area contributed by atoms with Gasteiger partial charge in [0, 0.05) is 9.89 Å². The topological polar surface area (TPSA) is 92.0 Å². The fourth-order valence-corrected chi connectivity index (χ4v) is 4.41. The van der Waals surface area contributed by atoms with E-state index in [0.29, 0.717) is 40.4 Å². The first-order valence-corrected chi connectivity index (χ1v) is 12.9. The maximum absolute atomic E-state index is 13.4. The summed E-state index contributed by atoms with van der Waals surface area (Å²) < 4.78 is 19.2. The van der Waals surface area contributed by atoms with E-state index in [2.05, 4.69) is 43.6 Å². The molecule has 1 aromatic heterocycles. The first-order chi connectivity index (χ1) is 16.5. The zero-order chi connectivity index (χ0) is 25.8. The molecule has 0 radical (unpaired) electrons.